The fraction of sp³-hybridized carbons (Fsp3) is 0.455. The largest absolute Gasteiger partial charge is 0.430 e. The van der Waals surface area contributed by atoms with Gasteiger partial charge in [0.05, 0.1) is 0 Å². The SMILES string of the molecule is CSc1ccc(N(C(C)C)P(=O)(O)O)cc1C. The monoisotopic (exact) mass is 275 g/mol. The lowest BCUT2D eigenvalue weighted by Gasteiger charge is -2.29. The summed E-state index contributed by atoms with van der Waals surface area (Å²) in [7, 11) is -4.27. The lowest BCUT2D eigenvalue weighted by atomic mass is 10.2. The van der Waals surface area contributed by atoms with Gasteiger partial charge in [-0.25, -0.2) is 4.57 Å². The molecule has 1 aromatic rings. The van der Waals surface area contributed by atoms with Gasteiger partial charge in [-0.3, -0.25) is 4.67 Å². The Hall–Kier alpha value is -0.480. The molecule has 0 radical (unpaired) electrons. The Morgan fingerprint density at radius 1 is 1.35 bits per heavy atom. The second-order valence-electron chi connectivity index (χ2n) is 4.11. The molecule has 4 nitrogen and oxygen atoms in total. The highest BCUT2D eigenvalue weighted by Crippen LogP contribution is 2.46. The minimum atomic E-state index is -4.27. The van der Waals surface area contributed by atoms with E-state index in [-0.39, 0.29) is 6.04 Å². The van der Waals surface area contributed by atoms with Gasteiger partial charge in [0.2, 0.25) is 0 Å². The summed E-state index contributed by atoms with van der Waals surface area (Å²) in [6.45, 7) is 5.46. The van der Waals surface area contributed by atoms with Crippen molar-refractivity contribution in [3.05, 3.63) is 23.8 Å². The second kappa shape index (κ2) is 5.44. The Balaban J connectivity index is 3.21. The lowest BCUT2D eigenvalue weighted by molar-refractivity contribution is 0.364. The van der Waals surface area contributed by atoms with E-state index in [0.717, 1.165) is 15.1 Å². The van der Waals surface area contributed by atoms with Crippen molar-refractivity contribution in [1.82, 2.24) is 0 Å². The molecule has 0 spiro atoms. The average Bonchev–Trinajstić information content (AvgIpc) is 2.15. The van der Waals surface area contributed by atoms with E-state index in [0.29, 0.717) is 5.69 Å². The van der Waals surface area contributed by atoms with Crippen LogP contribution in [0.1, 0.15) is 19.4 Å². The number of aryl methyl sites for hydroxylation is 1. The van der Waals surface area contributed by atoms with Crippen LogP contribution in [0.4, 0.5) is 5.69 Å². The van der Waals surface area contributed by atoms with Crippen LogP contribution in [0.3, 0.4) is 0 Å². The maximum absolute atomic E-state index is 11.5. The lowest BCUT2D eigenvalue weighted by Crippen LogP contribution is -2.27. The van der Waals surface area contributed by atoms with Crippen LogP contribution in [0, 0.1) is 6.92 Å². The molecule has 0 unspecified atom stereocenters. The van der Waals surface area contributed by atoms with E-state index in [9.17, 15) is 14.4 Å². The van der Waals surface area contributed by atoms with Crippen molar-refractivity contribution in [3.8, 4) is 0 Å². The Morgan fingerprint density at radius 3 is 2.29 bits per heavy atom. The van der Waals surface area contributed by atoms with Crippen LogP contribution in [-0.4, -0.2) is 22.1 Å². The van der Waals surface area contributed by atoms with Gasteiger partial charge in [-0.2, -0.15) is 0 Å². The number of nitrogens with zero attached hydrogens (tertiary/aromatic N) is 1. The number of rotatable bonds is 4. The number of hydrogen-bond donors (Lipinski definition) is 2. The zero-order chi connectivity index (χ0) is 13.2. The summed E-state index contributed by atoms with van der Waals surface area (Å²) in [6.07, 6.45) is 1.98. The molecule has 0 aliphatic rings. The first-order valence-electron chi connectivity index (χ1n) is 5.27. The number of benzene rings is 1. The van der Waals surface area contributed by atoms with Gasteiger partial charge in [0.15, 0.2) is 0 Å². The summed E-state index contributed by atoms with van der Waals surface area (Å²) >= 11 is 1.62. The highest BCUT2D eigenvalue weighted by molar-refractivity contribution is 7.98. The van der Waals surface area contributed by atoms with Crippen molar-refractivity contribution >= 4 is 25.2 Å². The van der Waals surface area contributed by atoms with Crippen molar-refractivity contribution in [1.29, 1.82) is 0 Å². The first kappa shape index (κ1) is 14.6. The van der Waals surface area contributed by atoms with E-state index in [1.165, 1.54) is 0 Å². The van der Waals surface area contributed by atoms with E-state index in [4.69, 9.17) is 0 Å². The zero-order valence-corrected chi connectivity index (χ0v) is 12.1. The molecular weight excluding hydrogens is 257 g/mol. The van der Waals surface area contributed by atoms with Gasteiger partial charge in [-0.15, -0.1) is 11.8 Å². The maximum Gasteiger partial charge on any atom is 0.430 e. The van der Waals surface area contributed by atoms with E-state index in [1.54, 1.807) is 31.7 Å². The fourth-order valence-corrected chi connectivity index (χ4v) is 3.37. The van der Waals surface area contributed by atoms with E-state index >= 15 is 0 Å². The smallest absolute Gasteiger partial charge is 0.308 e. The maximum atomic E-state index is 11.5. The zero-order valence-electron chi connectivity index (χ0n) is 10.4. The molecule has 0 bridgehead atoms. The molecular formula is C11H18NO3PS. The molecule has 17 heavy (non-hydrogen) atoms. The molecule has 1 aromatic carbocycles. The van der Waals surface area contributed by atoms with E-state index < -0.39 is 7.75 Å². The van der Waals surface area contributed by atoms with E-state index in [1.807, 2.05) is 25.3 Å². The van der Waals surface area contributed by atoms with Crippen molar-refractivity contribution in [3.63, 3.8) is 0 Å². The molecule has 0 amide bonds. The Kier molecular flexibility index (Phi) is 4.67. The molecule has 96 valence electrons. The van der Waals surface area contributed by atoms with Gasteiger partial charge >= 0.3 is 7.75 Å². The quantitative estimate of drug-likeness (QED) is 0.653. The van der Waals surface area contributed by atoms with Gasteiger partial charge in [0.25, 0.3) is 0 Å². The molecule has 0 aromatic heterocycles. The first-order valence-corrected chi connectivity index (χ1v) is 8.06. The summed E-state index contributed by atoms with van der Waals surface area (Å²) in [5.41, 5.74) is 1.58. The summed E-state index contributed by atoms with van der Waals surface area (Å²) < 4.78 is 12.6. The molecule has 0 atom stereocenters. The minimum Gasteiger partial charge on any atom is -0.308 e. The molecule has 0 fully saturated rings. The van der Waals surface area contributed by atoms with Crippen LogP contribution in [0.2, 0.25) is 0 Å². The minimum absolute atomic E-state index is 0.254. The van der Waals surface area contributed by atoms with Gasteiger partial charge in [-0.1, -0.05) is 0 Å². The van der Waals surface area contributed by atoms with E-state index in [2.05, 4.69) is 0 Å². The Labute approximate surface area is 106 Å². The Morgan fingerprint density at radius 2 is 1.94 bits per heavy atom. The molecule has 6 heteroatoms. The van der Waals surface area contributed by atoms with Gasteiger partial charge in [0, 0.05) is 16.6 Å². The molecule has 0 aliphatic carbocycles. The van der Waals surface area contributed by atoms with Gasteiger partial charge < -0.3 is 9.79 Å². The van der Waals surface area contributed by atoms with Crippen molar-refractivity contribution in [2.75, 3.05) is 10.9 Å². The standard InChI is InChI=1S/C11H18NO3PS/c1-8(2)12(16(13,14)15)10-5-6-11(17-4)9(3)7-10/h5-8H,1-4H3,(H2,13,14,15). The average molecular weight is 275 g/mol. The van der Waals surface area contributed by atoms with Crippen LogP contribution in [0.25, 0.3) is 0 Å². The highest BCUT2D eigenvalue weighted by Gasteiger charge is 2.28. The summed E-state index contributed by atoms with van der Waals surface area (Å²) in [5, 5.41) is 0. The van der Waals surface area contributed by atoms with Crippen LogP contribution < -0.4 is 4.67 Å². The number of hydrogen-bond acceptors (Lipinski definition) is 2. The number of anilines is 1. The normalized spacial score (nSPS) is 11.9. The molecule has 0 heterocycles. The van der Waals surface area contributed by atoms with Crippen LogP contribution in [0.15, 0.2) is 23.1 Å². The number of thioether (sulfide) groups is 1. The topological polar surface area (TPSA) is 60.8 Å². The second-order valence-corrected chi connectivity index (χ2v) is 6.41. The highest BCUT2D eigenvalue weighted by atomic mass is 32.2. The third kappa shape index (κ3) is 3.49. The fourth-order valence-electron chi connectivity index (χ4n) is 1.75. The molecule has 0 saturated carbocycles. The van der Waals surface area contributed by atoms with Crippen molar-refractivity contribution < 1.29 is 14.4 Å². The molecule has 1 rings (SSSR count). The first-order chi connectivity index (χ1) is 7.77. The third-order valence-electron chi connectivity index (χ3n) is 2.41. The van der Waals surface area contributed by atoms with Gasteiger partial charge in [0.1, 0.15) is 0 Å². The third-order valence-corrected chi connectivity index (χ3v) is 4.56. The molecule has 2 N–H and O–H groups in total. The van der Waals surface area contributed by atoms with Crippen LogP contribution >= 0.6 is 19.5 Å². The summed E-state index contributed by atoms with van der Waals surface area (Å²) in [5.74, 6) is 0. The summed E-state index contributed by atoms with van der Waals surface area (Å²) in [6, 6.07) is 5.19. The predicted octanol–water partition coefficient (Wildman–Crippen LogP) is 3.02. The predicted molar refractivity (Wildman–Crippen MR) is 72.6 cm³/mol. The summed E-state index contributed by atoms with van der Waals surface area (Å²) in [4.78, 5) is 19.8. The Bertz CT molecular complexity index is 444. The molecule has 0 saturated heterocycles. The molecule has 0 aliphatic heterocycles. The van der Waals surface area contributed by atoms with Crippen LogP contribution in [0.5, 0.6) is 0 Å². The van der Waals surface area contributed by atoms with Crippen LogP contribution in [-0.2, 0) is 4.57 Å². The van der Waals surface area contributed by atoms with Crippen molar-refractivity contribution in [2.45, 2.75) is 31.7 Å². The van der Waals surface area contributed by atoms with Gasteiger partial charge in [-0.05, 0) is 50.8 Å². The van der Waals surface area contributed by atoms with Crippen molar-refractivity contribution in [2.24, 2.45) is 0 Å².